The number of aromatic nitrogens is 1. The van der Waals surface area contributed by atoms with Gasteiger partial charge in [-0.2, -0.15) is 0 Å². The van der Waals surface area contributed by atoms with Crippen LogP contribution in [0.5, 0.6) is 0 Å². The molecule has 12 heteroatoms. The molecular weight excluding hydrogens is 552 g/mol. The summed E-state index contributed by atoms with van der Waals surface area (Å²) in [6, 6.07) is 11.9. The first-order chi connectivity index (χ1) is 20.5. The number of carboxylic acid groups (broad SMARTS) is 1. The SMILES string of the molecule is CCC(C)C(NC(=O)C(N)CCC(N)=O)C(=O)NC(Cc1ccccc1)C(=O)NC(Cc1c[nH]c2ccccc12)C(=O)O. The number of aliphatic carboxylic acids is 1. The molecule has 9 N–H and O–H groups in total. The first-order valence-corrected chi connectivity index (χ1v) is 14.3. The molecule has 5 unspecified atom stereocenters. The van der Waals surface area contributed by atoms with Gasteiger partial charge in [0.15, 0.2) is 0 Å². The molecule has 0 aliphatic carbocycles. The van der Waals surface area contributed by atoms with Crippen LogP contribution in [0.4, 0.5) is 0 Å². The van der Waals surface area contributed by atoms with Crippen LogP contribution in [0.3, 0.4) is 0 Å². The van der Waals surface area contributed by atoms with Crippen LogP contribution in [0.1, 0.15) is 44.2 Å². The molecule has 5 atom stereocenters. The Morgan fingerprint density at radius 1 is 0.860 bits per heavy atom. The summed E-state index contributed by atoms with van der Waals surface area (Å²) in [5, 5.41) is 18.8. The lowest BCUT2D eigenvalue weighted by atomic mass is 9.96. The standard InChI is InChI=1S/C31H40N6O6/c1-3-18(2)27(37-28(39)22(32)13-14-26(33)38)30(41)35-24(15-19-9-5-4-6-10-19)29(40)36-25(31(42)43)16-20-17-34-23-12-8-7-11-21(20)23/h4-12,17-18,22,24-25,27,34H,3,13-16,32H2,1-2H3,(H2,33,38)(H,35,41)(H,36,40)(H,37,39)(H,42,43). The van der Waals surface area contributed by atoms with Crippen LogP contribution in [-0.4, -0.2) is 63.9 Å². The van der Waals surface area contributed by atoms with Gasteiger partial charge in [-0.1, -0.05) is 68.8 Å². The summed E-state index contributed by atoms with van der Waals surface area (Å²) in [5.41, 5.74) is 13.4. The highest BCUT2D eigenvalue weighted by molar-refractivity contribution is 5.94. The monoisotopic (exact) mass is 592 g/mol. The van der Waals surface area contributed by atoms with Crippen molar-refractivity contribution in [1.29, 1.82) is 0 Å². The minimum Gasteiger partial charge on any atom is -0.480 e. The van der Waals surface area contributed by atoms with Crippen LogP contribution in [0.15, 0.2) is 60.8 Å². The molecule has 0 bridgehead atoms. The zero-order chi connectivity index (χ0) is 31.5. The van der Waals surface area contributed by atoms with Gasteiger partial charge in [-0.25, -0.2) is 4.79 Å². The Labute approximate surface area is 250 Å². The number of carboxylic acids is 1. The molecule has 230 valence electrons. The number of hydrogen-bond donors (Lipinski definition) is 7. The van der Waals surface area contributed by atoms with Crippen LogP contribution in [0, 0.1) is 5.92 Å². The van der Waals surface area contributed by atoms with E-state index in [1.54, 1.807) is 37.4 Å². The normalized spacial score (nSPS) is 14.6. The number of hydrogen-bond acceptors (Lipinski definition) is 6. The Morgan fingerprint density at radius 2 is 1.51 bits per heavy atom. The lowest BCUT2D eigenvalue weighted by Gasteiger charge is -2.28. The first kappa shape index (κ1) is 32.8. The molecule has 0 aliphatic heterocycles. The number of para-hydroxylation sites is 1. The Balaban J connectivity index is 1.80. The minimum atomic E-state index is -1.27. The van der Waals surface area contributed by atoms with Gasteiger partial charge < -0.3 is 37.5 Å². The van der Waals surface area contributed by atoms with E-state index in [0.717, 1.165) is 22.0 Å². The average molecular weight is 593 g/mol. The summed E-state index contributed by atoms with van der Waals surface area (Å²) in [6.45, 7) is 3.62. The quantitative estimate of drug-likeness (QED) is 0.129. The van der Waals surface area contributed by atoms with E-state index in [0.29, 0.717) is 6.42 Å². The Kier molecular flexibility index (Phi) is 11.8. The van der Waals surface area contributed by atoms with Gasteiger partial charge in [-0.3, -0.25) is 19.2 Å². The van der Waals surface area contributed by atoms with Crippen LogP contribution in [0.25, 0.3) is 10.9 Å². The number of benzene rings is 2. The van der Waals surface area contributed by atoms with Crippen molar-refractivity contribution < 1.29 is 29.1 Å². The van der Waals surface area contributed by atoms with Crippen molar-refractivity contribution in [2.24, 2.45) is 17.4 Å². The number of nitrogens with two attached hydrogens (primary N) is 2. The number of amides is 4. The second-order valence-corrected chi connectivity index (χ2v) is 10.7. The summed E-state index contributed by atoms with van der Waals surface area (Å²) in [5.74, 6) is -4.09. The number of H-pyrrole nitrogens is 1. The Morgan fingerprint density at radius 3 is 2.16 bits per heavy atom. The van der Waals surface area contributed by atoms with Gasteiger partial charge in [-0.15, -0.1) is 0 Å². The van der Waals surface area contributed by atoms with Gasteiger partial charge in [0.1, 0.15) is 18.1 Å². The molecule has 4 amide bonds. The molecule has 0 fully saturated rings. The molecular formula is C31H40N6O6. The third kappa shape index (κ3) is 9.40. The third-order valence-electron chi connectivity index (χ3n) is 7.46. The van der Waals surface area contributed by atoms with E-state index in [4.69, 9.17) is 11.5 Å². The van der Waals surface area contributed by atoms with E-state index >= 15 is 0 Å². The number of fused-ring (bicyclic) bond motifs is 1. The highest BCUT2D eigenvalue weighted by Crippen LogP contribution is 2.19. The Bertz CT molecular complexity index is 1420. The Hall–Kier alpha value is -4.71. The fourth-order valence-electron chi connectivity index (χ4n) is 4.70. The molecule has 0 saturated carbocycles. The number of nitrogens with one attached hydrogen (secondary N) is 4. The van der Waals surface area contributed by atoms with E-state index in [9.17, 15) is 29.1 Å². The summed E-state index contributed by atoms with van der Waals surface area (Å²) in [4.78, 5) is 66.3. The maximum absolute atomic E-state index is 13.6. The summed E-state index contributed by atoms with van der Waals surface area (Å²) in [6.07, 6.45) is 2.27. The van der Waals surface area contributed by atoms with Gasteiger partial charge in [0.25, 0.3) is 0 Å². The molecule has 3 aromatic rings. The third-order valence-corrected chi connectivity index (χ3v) is 7.46. The second-order valence-electron chi connectivity index (χ2n) is 10.7. The molecule has 0 aliphatic rings. The summed E-state index contributed by atoms with van der Waals surface area (Å²) in [7, 11) is 0. The van der Waals surface area contributed by atoms with Crippen molar-refractivity contribution in [3.63, 3.8) is 0 Å². The van der Waals surface area contributed by atoms with Gasteiger partial charge >= 0.3 is 5.97 Å². The summed E-state index contributed by atoms with van der Waals surface area (Å²) >= 11 is 0. The number of rotatable bonds is 16. The van der Waals surface area contributed by atoms with Crippen molar-refractivity contribution in [1.82, 2.24) is 20.9 Å². The molecule has 2 aromatic carbocycles. The molecule has 0 spiro atoms. The molecule has 1 aromatic heterocycles. The predicted octanol–water partition coefficient (Wildman–Crippen LogP) is 1.13. The topological polar surface area (TPSA) is 209 Å². The van der Waals surface area contributed by atoms with E-state index < -0.39 is 53.8 Å². The maximum atomic E-state index is 13.6. The number of carbonyl (C=O) groups is 5. The smallest absolute Gasteiger partial charge is 0.326 e. The van der Waals surface area contributed by atoms with Crippen molar-refractivity contribution in [3.8, 4) is 0 Å². The summed E-state index contributed by atoms with van der Waals surface area (Å²) < 4.78 is 0. The maximum Gasteiger partial charge on any atom is 0.326 e. The van der Waals surface area contributed by atoms with Gasteiger partial charge in [0.2, 0.25) is 23.6 Å². The second kappa shape index (κ2) is 15.5. The molecule has 0 saturated heterocycles. The van der Waals surface area contributed by atoms with E-state index in [1.165, 1.54) is 0 Å². The molecule has 0 radical (unpaired) electrons. The van der Waals surface area contributed by atoms with Crippen molar-refractivity contribution in [3.05, 3.63) is 71.9 Å². The number of carbonyl (C=O) groups excluding carboxylic acids is 4. The number of primary amides is 1. The van der Waals surface area contributed by atoms with Gasteiger partial charge in [0.05, 0.1) is 6.04 Å². The van der Waals surface area contributed by atoms with Crippen LogP contribution >= 0.6 is 0 Å². The predicted molar refractivity (Wildman–Crippen MR) is 161 cm³/mol. The highest BCUT2D eigenvalue weighted by atomic mass is 16.4. The molecule has 43 heavy (non-hydrogen) atoms. The van der Waals surface area contributed by atoms with Gasteiger partial charge in [-0.05, 0) is 29.5 Å². The lowest BCUT2D eigenvalue weighted by molar-refractivity contribution is -0.142. The fraction of sp³-hybridized carbons (Fsp3) is 0.387. The van der Waals surface area contributed by atoms with Crippen LogP contribution < -0.4 is 27.4 Å². The van der Waals surface area contributed by atoms with Gasteiger partial charge in [0, 0.05) is 36.4 Å². The zero-order valence-electron chi connectivity index (χ0n) is 24.3. The first-order valence-electron chi connectivity index (χ1n) is 14.3. The van der Waals surface area contributed by atoms with E-state index in [1.807, 2.05) is 37.3 Å². The van der Waals surface area contributed by atoms with Crippen LogP contribution in [0.2, 0.25) is 0 Å². The van der Waals surface area contributed by atoms with E-state index in [-0.39, 0.29) is 31.6 Å². The molecule has 3 rings (SSSR count). The zero-order valence-corrected chi connectivity index (χ0v) is 24.3. The van der Waals surface area contributed by atoms with Crippen molar-refractivity contribution in [2.75, 3.05) is 0 Å². The lowest BCUT2D eigenvalue weighted by Crippen LogP contribution is -2.59. The van der Waals surface area contributed by atoms with E-state index in [2.05, 4.69) is 20.9 Å². The molecule has 1 heterocycles. The number of aromatic amines is 1. The van der Waals surface area contributed by atoms with Crippen LogP contribution in [-0.2, 0) is 36.8 Å². The largest absolute Gasteiger partial charge is 0.480 e. The van der Waals surface area contributed by atoms with Crippen molar-refractivity contribution in [2.45, 2.75) is 70.1 Å². The fourth-order valence-corrected chi connectivity index (χ4v) is 4.70. The van der Waals surface area contributed by atoms with Crippen molar-refractivity contribution >= 4 is 40.5 Å². The highest BCUT2D eigenvalue weighted by Gasteiger charge is 2.33. The minimum absolute atomic E-state index is 0.0159. The molecule has 12 nitrogen and oxygen atoms in total. The average Bonchev–Trinajstić information content (AvgIpc) is 3.40.